The van der Waals surface area contributed by atoms with Gasteiger partial charge in [0.05, 0.1) is 6.26 Å². The van der Waals surface area contributed by atoms with Crippen molar-refractivity contribution in [3.8, 4) is 0 Å². The first kappa shape index (κ1) is 12.2. The van der Waals surface area contributed by atoms with Crippen LogP contribution < -0.4 is 5.32 Å². The van der Waals surface area contributed by atoms with Crippen LogP contribution in [0.25, 0.3) is 0 Å². The molecule has 1 amide bonds. The fourth-order valence-corrected chi connectivity index (χ4v) is 2.50. The maximum Gasteiger partial charge on any atom is 0.286 e. The normalized spacial score (nSPS) is 24.5. The molecule has 1 aromatic rings. The SMILES string of the molecule is CC1CCC(CCNC(=O)c2ccco2)CC1. The minimum atomic E-state index is -0.0980. The van der Waals surface area contributed by atoms with Crippen LogP contribution in [0.5, 0.6) is 0 Å². The number of nitrogens with one attached hydrogen (secondary N) is 1. The zero-order chi connectivity index (χ0) is 12.1. The second kappa shape index (κ2) is 5.89. The van der Waals surface area contributed by atoms with Crippen LogP contribution in [-0.4, -0.2) is 12.5 Å². The third kappa shape index (κ3) is 3.62. The van der Waals surface area contributed by atoms with Gasteiger partial charge in [0.1, 0.15) is 0 Å². The van der Waals surface area contributed by atoms with Crippen molar-refractivity contribution in [1.29, 1.82) is 0 Å². The third-order valence-corrected chi connectivity index (χ3v) is 3.72. The molecule has 2 rings (SSSR count). The number of rotatable bonds is 4. The Morgan fingerprint density at radius 3 is 2.82 bits per heavy atom. The van der Waals surface area contributed by atoms with Crippen LogP contribution in [0, 0.1) is 11.8 Å². The molecule has 0 aromatic carbocycles. The summed E-state index contributed by atoms with van der Waals surface area (Å²) in [5.41, 5.74) is 0. The summed E-state index contributed by atoms with van der Waals surface area (Å²) in [7, 11) is 0. The van der Waals surface area contributed by atoms with E-state index in [1.807, 2.05) is 0 Å². The maximum atomic E-state index is 11.6. The molecule has 1 fully saturated rings. The Bertz CT molecular complexity index is 337. The average Bonchev–Trinajstić information content (AvgIpc) is 2.85. The molecule has 1 aliphatic carbocycles. The predicted molar refractivity (Wildman–Crippen MR) is 66.8 cm³/mol. The lowest BCUT2D eigenvalue weighted by Gasteiger charge is -2.25. The first-order valence-corrected chi connectivity index (χ1v) is 6.57. The Hall–Kier alpha value is -1.25. The van der Waals surface area contributed by atoms with Crippen LogP contribution in [0.1, 0.15) is 49.6 Å². The van der Waals surface area contributed by atoms with Crippen molar-refractivity contribution in [1.82, 2.24) is 5.32 Å². The molecular weight excluding hydrogens is 214 g/mol. The van der Waals surface area contributed by atoms with Gasteiger partial charge >= 0.3 is 0 Å². The second-order valence-electron chi connectivity index (χ2n) is 5.15. The molecule has 17 heavy (non-hydrogen) atoms. The molecule has 0 spiro atoms. The first-order valence-electron chi connectivity index (χ1n) is 6.57. The lowest BCUT2D eigenvalue weighted by atomic mass is 9.81. The molecule has 1 aliphatic rings. The summed E-state index contributed by atoms with van der Waals surface area (Å²) in [6.07, 6.45) is 7.94. The lowest BCUT2D eigenvalue weighted by Crippen LogP contribution is -2.26. The highest BCUT2D eigenvalue weighted by atomic mass is 16.3. The molecule has 0 unspecified atom stereocenters. The number of hydrogen-bond donors (Lipinski definition) is 1. The van der Waals surface area contributed by atoms with Crippen molar-refractivity contribution in [2.24, 2.45) is 11.8 Å². The highest BCUT2D eigenvalue weighted by Gasteiger charge is 2.18. The Labute approximate surface area is 103 Å². The van der Waals surface area contributed by atoms with Crippen LogP contribution in [0.3, 0.4) is 0 Å². The maximum absolute atomic E-state index is 11.6. The highest BCUT2D eigenvalue weighted by molar-refractivity contribution is 5.91. The van der Waals surface area contributed by atoms with Crippen LogP contribution in [0.4, 0.5) is 0 Å². The van der Waals surface area contributed by atoms with Gasteiger partial charge in [0, 0.05) is 6.54 Å². The largest absolute Gasteiger partial charge is 0.459 e. The quantitative estimate of drug-likeness (QED) is 0.870. The van der Waals surface area contributed by atoms with Gasteiger partial charge in [0.2, 0.25) is 0 Å². The van der Waals surface area contributed by atoms with E-state index in [0.29, 0.717) is 5.76 Å². The van der Waals surface area contributed by atoms with E-state index in [9.17, 15) is 4.79 Å². The van der Waals surface area contributed by atoms with Crippen molar-refractivity contribution in [2.75, 3.05) is 6.54 Å². The van der Waals surface area contributed by atoms with E-state index in [-0.39, 0.29) is 5.91 Å². The standard InChI is InChI=1S/C14H21NO2/c1-11-4-6-12(7-5-11)8-9-15-14(16)13-3-2-10-17-13/h2-3,10-12H,4-9H2,1H3,(H,15,16). The molecule has 94 valence electrons. The first-order chi connectivity index (χ1) is 8.25. The molecule has 1 N–H and O–H groups in total. The summed E-state index contributed by atoms with van der Waals surface area (Å²) in [4.78, 5) is 11.6. The fourth-order valence-electron chi connectivity index (χ4n) is 2.50. The molecule has 1 heterocycles. The van der Waals surface area contributed by atoms with E-state index >= 15 is 0 Å². The van der Waals surface area contributed by atoms with E-state index in [1.165, 1.54) is 31.9 Å². The summed E-state index contributed by atoms with van der Waals surface area (Å²) < 4.78 is 5.04. The second-order valence-corrected chi connectivity index (χ2v) is 5.15. The molecule has 0 radical (unpaired) electrons. The van der Waals surface area contributed by atoms with E-state index in [4.69, 9.17) is 4.42 Å². The van der Waals surface area contributed by atoms with Crippen molar-refractivity contribution in [3.05, 3.63) is 24.2 Å². The van der Waals surface area contributed by atoms with Crippen molar-refractivity contribution in [2.45, 2.75) is 39.0 Å². The van der Waals surface area contributed by atoms with Gasteiger partial charge in [-0.15, -0.1) is 0 Å². The van der Waals surface area contributed by atoms with E-state index < -0.39 is 0 Å². The third-order valence-electron chi connectivity index (χ3n) is 3.72. The van der Waals surface area contributed by atoms with Gasteiger partial charge in [-0.3, -0.25) is 4.79 Å². The van der Waals surface area contributed by atoms with Gasteiger partial charge in [-0.05, 0) is 30.4 Å². The van der Waals surface area contributed by atoms with Gasteiger partial charge < -0.3 is 9.73 Å². The summed E-state index contributed by atoms with van der Waals surface area (Å²) in [5, 5.41) is 2.91. The molecule has 0 aliphatic heterocycles. The van der Waals surface area contributed by atoms with Crippen LogP contribution >= 0.6 is 0 Å². The van der Waals surface area contributed by atoms with Gasteiger partial charge in [0.25, 0.3) is 5.91 Å². The molecule has 3 nitrogen and oxygen atoms in total. The molecule has 1 aromatic heterocycles. The van der Waals surface area contributed by atoms with Crippen molar-refractivity contribution in [3.63, 3.8) is 0 Å². The zero-order valence-corrected chi connectivity index (χ0v) is 10.4. The number of hydrogen-bond acceptors (Lipinski definition) is 2. The summed E-state index contributed by atoms with van der Waals surface area (Å²) in [6, 6.07) is 3.43. The number of amides is 1. The number of carbonyl (C=O) groups excluding carboxylic acids is 1. The lowest BCUT2D eigenvalue weighted by molar-refractivity contribution is 0.0922. The van der Waals surface area contributed by atoms with E-state index in [1.54, 1.807) is 12.1 Å². The molecular formula is C14H21NO2. The van der Waals surface area contributed by atoms with Crippen molar-refractivity contribution < 1.29 is 9.21 Å². The Kier molecular flexibility index (Phi) is 4.24. The number of furan rings is 1. The van der Waals surface area contributed by atoms with Crippen LogP contribution in [0.15, 0.2) is 22.8 Å². The van der Waals surface area contributed by atoms with Gasteiger partial charge in [-0.2, -0.15) is 0 Å². The van der Waals surface area contributed by atoms with Crippen molar-refractivity contribution >= 4 is 5.91 Å². The van der Waals surface area contributed by atoms with Gasteiger partial charge in [-0.1, -0.05) is 32.6 Å². The van der Waals surface area contributed by atoms with Crippen LogP contribution in [0.2, 0.25) is 0 Å². The molecule has 0 atom stereocenters. The molecule has 1 saturated carbocycles. The minimum absolute atomic E-state index is 0.0980. The highest BCUT2D eigenvalue weighted by Crippen LogP contribution is 2.29. The van der Waals surface area contributed by atoms with E-state index in [0.717, 1.165) is 24.8 Å². The summed E-state index contributed by atoms with van der Waals surface area (Å²) in [5.74, 6) is 1.99. The Balaban J connectivity index is 1.64. The van der Waals surface area contributed by atoms with Gasteiger partial charge in [0.15, 0.2) is 5.76 Å². The fraction of sp³-hybridized carbons (Fsp3) is 0.643. The van der Waals surface area contributed by atoms with Gasteiger partial charge in [-0.25, -0.2) is 0 Å². The van der Waals surface area contributed by atoms with Crippen LogP contribution in [-0.2, 0) is 0 Å². The summed E-state index contributed by atoms with van der Waals surface area (Å²) in [6.45, 7) is 3.09. The smallest absolute Gasteiger partial charge is 0.286 e. The molecule has 0 saturated heterocycles. The number of carbonyl (C=O) groups is 1. The summed E-state index contributed by atoms with van der Waals surface area (Å²) >= 11 is 0. The Morgan fingerprint density at radius 2 is 2.18 bits per heavy atom. The predicted octanol–water partition coefficient (Wildman–Crippen LogP) is 3.23. The molecule has 3 heteroatoms. The average molecular weight is 235 g/mol. The Morgan fingerprint density at radius 1 is 1.41 bits per heavy atom. The zero-order valence-electron chi connectivity index (χ0n) is 10.4. The molecule has 0 bridgehead atoms. The van der Waals surface area contributed by atoms with E-state index in [2.05, 4.69) is 12.2 Å². The monoisotopic (exact) mass is 235 g/mol. The topological polar surface area (TPSA) is 42.2 Å². The minimum Gasteiger partial charge on any atom is -0.459 e.